The van der Waals surface area contributed by atoms with Gasteiger partial charge in [-0.25, -0.2) is 0 Å². The summed E-state index contributed by atoms with van der Waals surface area (Å²) in [6, 6.07) is 25.0. The van der Waals surface area contributed by atoms with E-state index in [0.717, 1.165) is 17.1 Å². The number of para-hydroxylation sites is 2. The van der Waals surface area contributed by atoms with Gasteiger partial charge in [-0.15, -0.1) is 0 Å². The van der Waals surface area contributed by atoms with Gasteiger partial charge < -0.3 is 10.6 Å². The molecule has 2 N–H and O–H groups in total. The number of amides is 1. The average molecular weight is 302 g/mol. The van der Waals surface area contributed by atoms with E-state index in [2.05, 4.69) is 10.6 Å². The van der Waals surface area contributed by atoms with Gasteiger partial charge in [0.05, 0.1) is 11.3 Å². The zero-order valence-corrected chi connectivity index (χ0v) is 12.9. The molecule has 0 aliphatic carbocycles. The summed E-state index contributed by atoms with van der Waals surface area (Å²) in [7, 11) is 0. The standard InChI is InChI=1S/C20H18N2O/c1-15-11-13-17(14-12-15)21-19-10-6-5-9-18(19)20(23)22-16-7-3-2-4-8-16/h2-14,21H,1H3,(H,22,23). The molecule has 0 aliphatic heterocycles. The zero-order chi connectivity index (χ0) is 16.1. The molecule has 3 aromatic rings. The molecule has 3 nitrogen and oxygen atoms in total. The van der Waals surface area contributed by atoms with Gasteiger partial charge in [0.25, 0.3) is 5.91 Å². The van der Waals surface area contributed by atoms with Crippen LogP contribution in [0, 0.1) is 6.92 Å². The van der Waals surface area contributed by atoms with Gasteiger partial charge >= 0.3 is 0 Å². The van der Waals surface area contributed by atoms with E-state index >= 15 is 0 Å². The summed E-state index contributed by atoms with van der Waals surface area (Å²) < 4.78 is 0. The largest absolute Gasteiger partial charge is 0.355 e. The Morgan fingerprint density at radius 2 is 1.39 bits per heavy atom. The highest BCUT2D eigenvalue weighted by Crippen LogP contribution is 2.22. The molecule has 3 heteroatoms. The van der Waals surface area contributed by atoms with Crippen molar-refractivity contribution < 1.29 is 4.79 Å². The number of aryl methyl sites for hydroxylation is 1. The van der Waals surface area contributed by atoms with Crippen LogP contribution in [0.25, 0.3) is 0 Å². The molecular formula is C20H18N2O. The van der Waals surface area contributed by atoms with Crippen LogP contribution in [0.2, 0.25) is 0 Å². The first kappa shape index (κ1) is 14.9. The van der Waals surface area contributed by atoms with Gasteiger partial charge in [-0.2, -0.15) is 0 Å². The van der Waals surface area contributed by atoms with E-state index in [-0.39, 0.29) is 5.91 Å². The molecule has 0 aromatic heterocycles. The second-order valence-electron chi connectivity index (χ2n) is 5.36. The van der Waals surface area contributed by atoms with E-state index in [1.54, 1.807) is 0 Å². The fraction of sp³-hybridized carbons (Fsp3) is 0.0500. The molecule has 0 aliphatic rings. The lowest BCUT2D eigenvalue weighted by molar-refractivity contribution is 0.102. The van der Waals surface area contributed by atoms with E-state index in [9.17, 15) is 4.79 Å². The van der Waals surface area contributed by atoms with Gasteiger partial charge in [0.1, 0.15) is 0 Å². The van der Waals surface area contributed by atoms with Crippen molar-refractivity contribution in [1.29, 1.82) is 0 Å². The van der Waals surface area contributed by atoms with Crippen LogP contribution in [0.1, 0.15) is 15.9 Å². The summed E-state index contributed by atoms with van der Waals surface area (Å²) in [6.07, 6.45) is 0. The van der Waals surface area contributed by atoms with Crippen LogP contribution >= 0.6 is 0 Å². The number of anilines is 3. The molecule has 0 fully saturated rings. The second kappa shape index (κ2) is 6.79. The number of nitrogens with one attached hydrogen (secondary N) is 2. The third-order valence-electron chi connectivity index (χ3n) is 3.53. The summed E-state index contributed by atoms with van der Waals surface area (Å²) in [6.45, 7) is 2.05. The Hall–Kier alpha value is -3.07. The monoisotopic (exact) mass is 302 g/mol. The Kier molecular flexibility index (Phi) is 4.39. The number of benzene rings is 3. The minimum absolute atomic E-state index is 0.133. The van der Waals surface area contributed by atoms with E-state index < -0.39 is 0 Å². The normalized spacial score (nSPS) is 10.1. The van der Waals surface area contributed by atoms with Crippen molar-refractivity contribution in [3.05, 3.63) is 90.0 Å². The molecule has 114 valence electrons. The maximum atomic E-state index is 12.5. The molecule has 0 saturated carbocycles. The first-order valence-corrected chi connectivity index (χ1v) is 7.51. The van der Waals surface area contributed by atoms with Crippen LogP contribution in [-0.4, -0.2) is 5.91 Å². The molecule has 0 bridgehead atoms. The van der Waals surface area contributed by atoms with Crippen LogP contribution in [0.4, 0.5) is 17.1 Å². The predicted octanol–water partition coefficient (Wildman–Crippen LogP) is 4.99. The van der Waals surface area contributed by atoms with Crippen LogP contribution in [0.3, 0.4) is 0 Å². The molecule has 3 rings (SSSR count). The Labute approximate surface area is 136 Å². The van der Waals surface area contributed by atoms with Crippen molar-refractivity contribution in [1.82, 2.24) is 0 Å². The van der Waals surface area contributed by atoms with E-state index in [4.69, 9.17) is 0 Å². The summed E-state index contributed by atoms with van der Waals surface area (Å²) in [5, 5.41) is 6.22. The highest BCUT2D eigenvalue weighted by Gasteiger charge is 2.11. The summed E-state index contributed by atoms with van der Waals surface area (Å²) in [5.74, 6) is -0.133. The third kappa shape index (κ3) is 3.77. The predicted molar refractivity (Wildman–Crippen MR) is 95.3 cm³/mol. The Morgan fingerprint density at radius 1 is 0.739 bits per heavy atom. The topological polar surface area (TPSA) is 41.1 Å². The lowest BCUT2D eigenvalue weighted by Gasteiger charge is -2.12. The van der Waals surface area contributed by atoms with Gasteiger partial charge in [0.2, 0.25) is 0 Å². The van der Waals surface area contributed by atoms with Gasteiger partial charge in [0, 0.05) is 11.4 Å². The summed E-state index contributed by atoms with van der Waals surface area (Å²) >= 11 is 0. The number of hydrogen-bond acceptors (Lipinski definition) is 2. The fourth-order valence-electron chi connectivity index (χ4n) is 2.30. The lowest BCUT2D eigenvalue weighted by Crippen LogP contribution is -2.13. The number of rotatable bonds is 4. The maximum Gasteiger partial charge on any atom is 0.257 e. The fourth-order valence-corrected chi connectivity index (χ4v) is 2.30. The highest BCUT2D eigenvalue weighted by molar-refractivity contribution is 6.08. The number of hydrogen-bond donors (Lipinski definition) is 2. The highest BCUT2D eigenvalue weighted by atomic mass is 16.1. The minimum Gasteiger partial charge on any atom is -0.355 e. The Bertz CT molecular complexity index is 795. The molecule has 1 amide bonds. The van der Waals surface area contributed by atoms with Crippen LogP contribution in [-0.2, 0) is 0 Å². The molecule has 0 heterocycles. The van der Waals surface area contributed by atoms with Crippen molar-refractivity contribution >= 4 is 23.0 Å². The molecule has 23 heavy (non-hydrogen) atoms. The minimum atomic E-state index is -0.133. The quantitative estimate of drug-likeness (QED) is 0.712. The van der Waals surface area contributed by atoms with Gasteiger partial charge in [-0.3, -0.25) is 4.79 Å². The molecule has 0 radical (unpaired) electrons. The van der Waals surface area contributed by atoms with Gasteiger partial charge in [-0.05, 0) is 43.3 Å². The van der Waals surface area contributed by atoms with E-state index in [0.29, 0.717) is 5.56 Å². The molecule has 3 aromatic carbocycles. The lowest BCUT2D eigenvalue weighted by atomic mass is 10.1. The SMILES string of the molecule is Cc1ccc(Nc2ccccc2C(=O)Nc2ccccc2)cc1. The molecule has 0 unspecified atom stereocenters. The first-order valence-electron chi connectivity index (χ1n) is 7.51. The number of carbonyl (C=O) groups is 1. The van der Waals surface area contributed by atoms with Gasteiger partial charge in [-0.1, -0.05) is 48.0 Å². The van der Waals surface area contributed by atoms with Crippen molar-refractivity contribution in [2.45, 2.75) is 6.92 Å². The molecule has 0 spiro atoms. The first-order chi connectivity index (χ1) is 11.2. The van der Waals surface area contributed by atoms with Gasteiger partial charge in [0.15, 0.2) is 0 Å². The number of carbonyl (C=O) groups excluding carboxylic acids is 1. The van der Waals surface area contributed by atoms with E-state index in [1.165, 1.54) is 5.56 Å². The average Bonchev–Trinajstić information content (AvgIpc) is 2.58. The van der Waals surface area contributed by atoms with Crippen LogP contribution in [0.5, 0.6) is 0 Å². The van der Waals surface area contributed by atoms with E-state index in [1.807, 2.05) is 85.8 Å². The van der Waals surface area contributed by atoms with Crippen molar-refractivity contribution in [3.63, 3.8) is 0 Å². The molecular weight excluding hydrogens is 284 g/mol. The summed E-state index contributed by atoms with van der Waals surface area (Å²) in [5.41, 5.74) is 4.32. The second-order valence-corrected chi connectivity index (χ2v) is 5.36. The third-order valence-corrected chi connectivity index (χ3v) is 3.53. The van der Waals surface area contributed by atoms with Crippen molar-refractivity contribution in [3.8, 4) is 0 Å². The Balaban J connectivity index is 1.82. The van der Waals surface area contributed by atoms with Crippen molar-refractivity contribution in [2.75, 3.05) is 10.6 Å². The maximum absolute atomic E-state index is 12.5. The summed E-state index contributed by atoms with van der Waals surface area (Å²) in [4.78, 5) is 12.5. The zero-order valence-electron chi connectivity index (χ0n) is 12.9. The van der Waals surface area contributed by atoms with Crippen molar-refractivity contribution in [2.24, 2.45) is 0 Å². The molecule has 0 atom stereocenters. The van der Waals surface area contributed by atoms with Crippen LogP contribution in [0.15, 0.2) is 78.9 Å². The smallest absolute Gasteiger partial charge is 0.257 e. The Morgan fingerprint density at radius 3 is 2.13 bits per heavy atom. The van der Waals surface area contributed by atoms with Crippen LogP contribution < -0.4 is 10.6 Å². The molecule has 0 saturated heterocycles.